The van der Waals surface area contributed by atoms with Crippen LogP contribution in [0, 0.1) is 12.3 Å². The third-order valence-electron chi connectivity index (χ3n) is 3.50. The number of carbonyl (C=O) groups excluding carboxylic acids is 1. The van der Waals surface area contributed by atoms with Gasteiger partial charge in [-0.25, -0.2) is 14.6 Å². The van der Waals surface area contributed by atoms with E-state index in [1.54, 1.807) is 13.8 Å². The molecule has 2 amide bonds. The van der Waals surface area contributed by atoms with Gasteiger partial charge in [0.25, 0.3) is 0 Å². The lowest BCUT2D eigenvalue weighted by Crippen LogP contribution is -2.56. The van der Waals surface area contributed by atoms with E-state index in [4.69, 9.17) is 22.8 Å². The Balaban J connectivity index is 2.07. The van der Waals surface area contributed by atoms with Crippen molar-refractivity contribution >= 4 is 17.6 Å². The molecule has 2 fully saturated rings. The number of halogens is 2. The molecule has 0 aromatic heterocycles. The van der Waals surface area contributed by atoms with Crippen molar-refractivity contribution in [2.75, 3.05) is 6.61 Å². The Morgan fingerprint density at radius 1 is 1.60 bits per heavy atom. The standard InChI is InChI=1S/C13H19ClFN3O2/c1-4-5-20-11-7-10(9(15)6-8(11)14)18-12(19)16-13(2,3)17-18/h1,8-11,17H,5-7H2,2-3H3,(H,16,19). The summed E-state index contributed by atoms with van der Waals surface area (Å²) in [5, 5.41) is 3.60. The van der Waals surface area contributed by atoms with Crippen LogP contribution in [-0.4, -0.2) is 47.0 Å². The zero-order valence-corrected chi connectivity index (χ0v) is 12.3. The minimum Gasteiger partial charge on any atom is -0.364 e. The van der Waals surface area contributed by atoms with Gasteiger partial charge in [0.15, 0.2) is 0 Å². The molecule has 0 spiro atoms. The number of carbonyl (C=O) groups is 1. The second-order valence-electron chi connectivity index (χ2n) is 5.66. The highest BCUT2D eigenvalue weighted by Crippen LogP contribution is 2.32. The van der Waals surface area contributed by atoms with Crippen molar-refractivity contribution in [3.05, 3.63) is 0 Å². The molecule has 2 aliphatic rings. The van der Waals surface area contributed by atoms with Gasteiger partial charge >= 0.3 is 6.03 Å². The molecule has 4 atom stereocenters. The lowest BCUT2D eigenvalue weighted by molar-refractivity contribution is -0.0155. The molecule has 1 saturated carbocycles. The van der Waals surface area contributed by atoms with Crippen LogP contribution in [0.2, 0.25) is 0 Å². The van der Waals surface area contributed by atoms with Crippen molar-refractivity contribution in [3.8, 4) is 12.3 Å². The molecule has 112 valence electrons. The first-order valence-corrected chi connectivity index (χ1v) is 7.00. The fraction of sp³-hybridized carbons (Fsp3) is 0.769. The van der Waals surface area contributed by atoms with Crippen molar-refractivity contribution in [3.63, 3.8) is 0 Å². The summed E-state index contributed by atoms with van der Waals surface area (Å²) in [6.07, 6.45) is 4.04. The first-order chi connectivity index (χ1) is 9.34. The highest BCUT2D eigenvalue weighted by Gasteiger charge is 2.46. The molecular formula is C13H19ClFN3O2. The maximum Gasteiger partial charge on any atom is 0.333 e. The second kappa shape index (κ2) is 5.76. The monoisotopic (exact) mass is 303 g/mol. The molecule has 0 aromatic carbocycles. The first kappa shape index (κ1) is 15.4. The minimum atomic E-state index is -1.20. The number of amides is 2. The van der Waals surface area contributed by atoms with E-state index in [1.165, 1.54) is 5.01 Å². The van der Waals surface area contributed by atoms with E-state index in [0.29, 0.717) is 6.42 Å². The van der Waals surface area contributed by atoms with E-state index in [1.807, 2.05) is 0 Å². The van der Waals surface area contributed by atoms with E-state index in [9.17, 15) is 9.18 Å². The van der Waals surface area contributed by atoms with Gasteiger partial charge in [0.1, 0.15) is 18.4 Å². The maximum atomic E-state index is 14.2. The Morgan fingerprint density at radius 2 is 2.30 bits per heavy atom. The van der Waals surface area contributed by atoms with Gasteiger partial charge in [0.2, 0.25) is 0 Å². The number of hydrazine groups is 1. The Hall–Kier alpha value is -1.03. The molecule has 7 heteroatoms. The van der Waals surface area contributed by atoms with Gasteiger partial charge in [0, 0.05) is 0 Å². The van der Waals surface area contributed by atoms with Crippen LogP contribution in [0.4, 0.5) is 9.18 Å². The van der Waals surface area contributed by atoms with Crippen LogP contribution in [0.1, 0.15) is 26.7 Å². The largest absolute Gasteiger partial charge is 0.364 e. The van der Waals surface area contributed by atoms with E-state index in [0.717, 1.165) is 0 Å². The average molecular weight is 304 g/mol. The van der Waals surface area contributed by atoms with Gasteiger partial charge in [-0.1, -0.05) is 5.92 Å². The summed E-state index contributed by atoms with van der Waals surface area (Å²) in [5.41, 5.74) is 2.37. The van der Waals surface area contributed by atoms with Gasteiger partial charge < -0.3 is 10.1 Å². The minimum absolute atomic E-state index is 0.128. The zero-order valence-electron chi connectivity index (χ0n) is 11.5. The molecule has 20 heavy (non-hydrogen) atoms. The van der Waals surface area contributed by atoms with Crippen LogP contribution in [0.5, 0.6) is 0 Å². The number of ether oxygens (including phenoxy) is 1. The predicted molar refractivity (Wildman–Crippen MR) is 73.7 cm³/mol. The van der Waals surface area contributed by atoms with Crippen LogP contribution in [0.3, 0.4) is 0 Å². The van der Waals surface area contributed by atoms with Crippen molar-refractivity contribution in [1.29, 1.82) is 0 Å². The van der Waals surface area contributed by atoms with Crippen molar-refractivity contribution in [1.82, 2.24) is 15.8 Å². The van der Waals surface area contributed by atoms with Crippen LogP contribution < -0.4 is 10.7 Å². The third kappa shape index (κ3) is 3.17. The molecule has 0 aromatic rings. The molecule has 2 N–H and O–H groups in total. The Morgan fingerprint density at radius 3 is 2.85 bits per heavy atom. The van der Waals surface area contributed by atoms with Gasteiger partial charge in [-0.2, -0.15) is 0 Å². The summed E-state index contributed by atoms with van der Waals surface area (Å²) in [6, 6.07) is -0.957. The Bertz CT molecular complexity index is 426. The molecule has 4 unspecified atom stereocenters. The Labute approximate surface area is 123 Å². The SMILES string of the molecule is C#CCOC1CC(N2NC(C)(C)NC2=O)C(F)CC1Cl. The fourth-order valence-electron chi connectivity index (χ4n) is 2.59. The fourth-order valence-corrected chi connectivity index (χ4v) is 2.94. The van der Waals surface area contributed by atoms with Crippen molar-refractivity contribution in [2.45, 2.75) is 56.0 Å². The van der Waals surface area contributed by atoms with E-state index in [-0.39, 0.29) is 25.2 Å². The Kier molecular flexibility index (Phi) is 4.43. The van der Waals surface area contributed by atoms with Crippen LogP contribution in [0.25, 0.3) is 0 Å². The summed E-state index contributed by atoms with van der Waals surface area (Å²) in [6.45, 7) is 3.73. The van der Waals surface area contributed by atoms with Gasteiger partial charge in [-0.05, 0) is 26.7 Å². The zero-order chi connectivity index (χ0) is 14.9. The average Bonchev–Trinajstić information content (AvgIpc) is 2.62. The number of hydrogen-bond acceptors (Lipinski definition) is 3. The maximum absolute atomic E-state index is 14.2. The van der Waals surface area contributed by atoms with Gasteiger partial charge in [-0.15, -0.1) is 18.0 Å². The number of rotatable bonds is 3. The highest BCUT2D eigenvalue weighted by molar-refractivity contribution is 6.21. The van der Waals surface area contributed by atoms with Crippen LogP contribution >= 0.6 is 11.6 Å². The number of nitrogens with zero attached hydrogens (tertiary/aromatic N) is 1. The lowest BCUT2D eigenvalue weighted by atomic mass is 9.90. The molecule has 1 heterocycles. The summed E-state index contributed by atoms with van der Waals surface area (Å²) in [4.78, 5) is 11.9. The molecular weight excluding hydrogens is 285 g/mol. The summed E-state index contributed by atoms with van der Waals surface area (Å²) < 4.78 is 19.7. The topological polar surface area (TPSA) is 53.6 Å². The van der Waals surface area contributed by atoms with E-state index >= 15 is 0 Å². The van der Waals surface area contributed by atoms with Gasteiger partial charge in [0.05, 0.1) is 17.5 Å². The molecule has 1 aliphatic heterocycles. The van der Waals surface area contributed by atoms with Crippen LogP contribution in [0.15, 0.2) is 0 Å². The third-order valence-corrected chi connectivity index (χ3v) is 3.95. The number of nitrogens with one attached hydrogen (secondary N) is 2. The molecule has 1 aliphatic carbocycles. The van der Waals surface area contributed by atoms with E-state index < -0.39 is 23.3 Å². The first-order valence-electron chi connectivity index (χ1n) is 6.56. The number of terminal acetylenes is 1. The molecule has 1 saturated heterocycles. The molecule has 5 nitrogen and oxygen atoms in total. The summed E-state index contributed by atoms with van der Waals surface area (Å²) in [5.74, 6) is 2.37. The quantitative estimate of drug-likeness (QED) is 0.612. The van der Waals surface area contributed by atoms with Crippen LogP contribution in [-0.2, 0) is 4.74 Å². The summed E-state index contributed by atoms with van der Waals surface area (Å²) in [7, 11) is 0. The smallest absolute Gasteiger partial charge is 0.333 e. The highest BCUT2D eigenvalue weighted by atomic mass is 35.5. The van der Waals surface area contributed by atoms with Crippen molar-refractivity contribution < 1.29 is 13.9 Å². The lowest BCUT2D eigenvalue weighted by Gasteiger charge is -2.39. The second-order valence-corrected chi connectivity index (χ2v) is 6.22. The number of hydrogen-bond donors (Lipinski definition) is 2. The molecule has 0 bridgehead atoms. The molecule has 2 rings (SSSR count). The predicted octanol–water partition coefficient (Wildman–Crippen LogP) is 1.38. The number of alkyl halides is 2. The summed E-state index contributed by atoms with van der Waals surface area (Å²) >= 11 is 6.10. The normalized spacial score (nSPS) is 36.5. The van der Waals surface area contributed by atoms with Gasteiger partial charge in [-0.3, -0.25) is 5.01 Å². The van der Waals surface area contributed by atoms with Crippen molar-refractivity contribution in [2.24, 2.45) is 0 Å². The molecule has 0 radical (unpaired) electrons. The van der Waals surface area contributed by atoms with E-state index in [2.05, 4.69) is 16.7 Å². The number of urea groups is 1.